The summed E-state index contributed by atoms with van der Waals surface area (Å²) in [6.07, 6.45) is -5.68. The van der Waals surface area contributed by atoms with Gasteiger partial charge in [-0.1, -0.05) is 39.8 Å². The molecule has 2 aliphatic heterocycles. The number of ether oxygens (including phenoxy) is 5. The number of hydrogen-bond donors (Lipinski definition) is 3. The van der Waals surface area contributed by atoms with Crippen LogP contribution in [0.2, 0.25) is 0 Å². The summed E-state index contributed by atoms with van der Waals surface area (Å²) >= 11 is 0. The minimum atomic E-state index is -1.63. The smallest absolute Gasteiger partial charge is 0.457 e. The molecule has 0 aromatic carbocycles. The largest absolute Gasteiger partial charge is 0.509 e. The molecule has 3 rings (SSSR count). The van der Waals surface area contributed by atoms with Gasteiger partial charge >= 0.3 is 18.2 Å². The summed E-state index contributed by atoms with van der Waals surface area (Å²) in [4.78, 5) is 54.5. The van der Waals surface area contributed by atoms with E-state index < -0.39 is 89.4 Å². The zero-order valence-electron chi connectivity index (χ0n) is 28.7. The lowest BCUT2D eigenvalue weighted by Gasteiger charge is -2.47. The first-order valence-corrected chi connectivity index (χ1v) is 16.1. The highest BCUT2D eigenvalue weighted by molar-refractivity contribution is 6.00. The normalized spacial score (nSPS) is 43.7. The summed E-state index contributed by atoms with van der Waals surface area (Å²) in [5.74, 6) is -5.01. The number of cyclic esters (lactones) is 1. The molecule has 2 saturated heterocycles. The molecule has 262 valence electrons. The van der Waals surface area contributed by atoms with Crippen LogP contribution in [0.5, 0.6) is 0 Å². The van der Waals surface area contributed by atoms with E-state index in [-0.39, 0.29) is 30.5 Å². The van der Waals surface area contributed by atoms with E-state index in [9.17, 15) is 29.5 Å². The van der Waals surface area contributed by atoms with E-state index in [2.05, 4.69) is 5.16 Å². The van der Waals surface area contributed by atoms with Crippen molar-refractivity contribution in [3.63, 3.8) is 0 Å². The van der Waals surface area contributed by atoms with Crippen LogP contribution in [-0.4, -0.2) is 107 Å². The quantitative estimate of drug-likeness (QED) is 0.129. The maximum absolute atomic E-state index is 14.1. The molecule has 2 heterocycles. The van der Waals surface area contributed by atoms with Crippen molar-refractivity contribution in [3.05, 3.63) is 0 Å². The maximum atomic E-state index is 14.1. The fourth-order valence-electron chi connectivity index (χ4n) is 7.85. The summed E-state index contributed by atoms with van der Waals surface area (Å²) in [5.41, 5.74) is 2.66. The lowest BCUT2D eigenvalue weighted by Crippen LogP contribution is -2.59. The lowest BCUT2D eigenvalue weighted by molar-refractivity contribution is -0.197. The minimum absolute atomic E-state index is 0.0499. The second-order valence-corrected chi connectivity index (χ2v) is 14.2. The molecule has 0 unspecified atom stereocenters. The van der Waals surface area contributed by atoms with Crippen molar-refractivity contribution in [1.82, 2.24) is 4.90 Å². The molecule has 3 fully saturated rings. The van der Waals surface area contributed by atoms with Crippen molar-refractivity contribution in [2.75, 3.05) is 14.1 Å². The van der Waals surface area contributed by atoms with Gasteiger partial charge in [-0.25, -0.2) is 9.59 Å². The maximum Gasteiger partial charge on any atom is 0.509 e. The molecule has 0 spiro atoms. The average Bonchev–Trinajstić information content (AvgIpc) is 3.28. The number of esters is 1. The number of likely N-dealkylation sites (N-methyl/N-ethyl adjacent to an activating group) is 1. The van der Waals surface area contributed by atoms with E-state index in [0.29, 0.717) is 6.42 Å². The van der Waals surface area contributed by atoms with Gasteiger partial charge in [0.2, 0.25) is 0 Å². The SMILES string of the molecule is CC[C@@H]1OC(=O)[C@H](C)C(=O)[C@H](C)[C@@H](O[C@@H]2C[C@H](C)C[C@H](N(C)C)[C@H]2O)[C@@](C)(OC(N)=O)C[C@@H](C)/C(=N\O)[C@@H](C)[C@H]2OC(=O)O[C@]12C. The Hall–Kier alpha value is -2.97. The molecule has 14 nitrogen and oxygen atoms in total. The van der Waals surface area contributed by atoms with Crippen molar-refractivity contribution >= 4 is 29.7 Å². The molecule has 1 amide bonds. The molecular formula is C32H53N3O11. The molecule has 1 saturated carbocycles. The van der Waals surface area contributed by atoms with E-state index in [1.165, 1.54) is 6.92 Å². The molecule has 46 heavy (non-hydrogen) atoms. The molecule has 3 aliphatic rings. The van der Waals surface area contributed by atoms with Crippen LogP contribution in [0.1, 0.15) is 81.1 Å². The number of fused-ring (bicyclic) bond motifs is 1. The van der Waals surface area contributed by atoms with E-state index in [1.54, 1.807) is 41.5 Å². The number of hydrogen-bond acceptors (Lipinski definition) is 13. The van der Waals surface area contributed by atoms with E-state index in [4.69, 9.17) is 29.4 Å². The predicted octanol–water partition coefficient (Wildman–Crippen LogP) is 3.28. The number of nitrogens with zero attached hydrogens (tertiary/aromatic N) is 2. The van der Waals surface area contributed by atoms with Crippen LogP contribution in [0.4, 0.5) is 9.59 Å². The molecule has 14 heteroatoms. The Morgan fingerprint density at radius 2 is 1.70 bits per heavy atom. The van der Waals surface area contributed by atoms with Gasteiger partial charge < -0.3 is 44.6 Å². The van der Waals surface area contributed by atoms with Crippen LogP contribution in [0.3, 0.4) is 0 Å². The van der Waals surface area contributed by atoms with Crippen LogP contribution in [0.15, 0.2) is 5.16 Å². The Kier molecular flexibility index (Phi) is 11.8. The highest BCUT2D eigenvalue weighted by atomic mass is 16.8. The van der Waals surface area contributed by atoms with Gasteiger partial charge in [0, 0.05) is 23.8 Å². The van der Waals surface area contributed by atoms with Gasteiger partial charge in [0.25, 0.3) is 0 Å². The van der Waals surface area contributed by atoms with E-state index >= 15 is 0 Å². The van der Waals surface area contributed by atoms with E-state index in [1.807, 2.05) is 25.9 Å². The zero-order chi connectivity index (χ0) is 34.9. The van der Waals surface area contributed by atoms with Gasteiger partial charge in [-0.2, -0.15) is 0 Å². The molecular weight excluding hydrogens is 602 g/mol. The fraction of sp³-hybridized carbons (Fsp3) is 0.844. The van der Waals surface area contributed by atoms with Gasteiger partial charge in [-0.3, -0.25) is 9.59 Å². The average molecular weight is 656 g/mol. The summed E-state index contributed by atoms with van der Waals surface area (Å²) in [5, 5.41) is 25.3. The highest BCUT2D eigenvalue weighted by Gasteiger charge is 2.59. The molecule has 13 atom stereocenters. The Bertz CT molecular complexity index is 1180. The fourth-order valence-corrected chi connectivity index (χ4v) is 7.85. The van der Waals surface area contributed by atoms with Crippen molar-refractivity contribution in [2.45, 2.75) is 129 Å². The molecule has 1 aliphatic carbocycles. The number of oxime groups is 1. The van der Waals surface area contributed by atoms with Crippen LogP contribution in [0.25, 0.3) is 0 Å². The van der Waals surface area contributed by atoms with Gasteiger partial charge in [-0.05, 0) is 66.5 Å². The number of rotatable bonds is 5. The van der Waals surface area contributed by atoms with Crippen molar-refractivity contribution in [1.29, 1.82) is 0 Å². The Balaban J connectivity index is 2.19. The molecule has 4 N–H and O–H groups in total. The van der Waals surface area contributed by atoms with Crippen LogP contribution < -0.4 is 5.73 Å². The van der Waals surface area contributed by atoms with Gasteiger partial charge in [-0.15, -0.1) is 0 Å². The third kappa shape index (κ3) is 7.44. The summed E-state index contributed by atoms with van der Waals surface area (Å²) in [6, 6.07) is -0.236. The van der Waals surface area contributed by atoms with E-state index in [0.717, 1.165) is 6.42 Å². The number of primary amides is 1. The lowest BCUT2D eigenvalue weighted by atomic mass is 9.73. The van der Waals surface area contributed by atoms with Gasteiger partial charge in [0.05, 0.1) is 17.9 Å². The highest BCUT2D eigenvalue weighted by Crippen LogP contribution is 2.42. The van der Waals surface area contributed by atoms with Crippen LogP contribution in [0, 0.1) is 29.6 Å². The second-order valence-electron chi connectivity index (χ2n) is 14.2. The third-order valence-corrected chi connectivity index (χ3v) is 10.3. The van der Waals surface area contributed by atoms with Gasteiger partial charge in [0.15, 0.2) is 17.5 Å². The Morgan fingerprint density at radius 1 is 1.07 bits per heavy atom. The van der Waals surface area contributed by atoms with Crippen molar-refractivity contribution in [2.24, 2.45) is 40.5 Å². The summed E-state index contributed by atoms with van der Waals surface area (Å²) < 4.78 is 29.4. The number of aliphatic hydroxyl groups is 1. The van der Waals surface area contributed by atoms with Crippen LogP contribution >= 0.6 is 0 Å². The Labute approximate surface area is 271 Å². The first kappa shape index (κ1) is 37.5. The number of Topliss-reactive ketones (excluding diaryl/α,β-unsaturated/α-hetero) is 1. The molecule has 0 aromatic rings. The predicted molar refractivity (Wildman–Crippen MR) is 165 cm³/mol. The summed E-state index contributed by atoms with van der Waals surface area (Å²) in [6.45, 7) is 13.3. The number of nitrogens with two attached hydrogens (primary N) is 1. The number of amides is 1. The third-order valence-electron chi connectivity index (χ3n) is 10.3. The standard InChI is InChI=1S/C32H53N3O11/c1-11-22-32(8)27(44-30(40)46-32)17(4)23(34-41)16(3)14-31(7,45-29(33)39)26(18(5)24(36)19(6)28(38)43-22)42-21-13-15(2)12-20(25(21)37)35(9)10/h15-22,25-27,37,41H,11-14H2,1-10H3,(H2,33,39)/b34-23+/t15-,16-,17-,18+,19-,20+,21-,22+,25-,26-,27-,31+,32-/m1/s1. The van der Waals surface area contributed by atoms with Crippen LogP contribution in [-0.2, 0) is 33.3 Å². The number of carbonyl (C=O) groups excluding carboxylic acids is 4. The van der Waals surface area contributed by atoms with Crippen molar-refractivity contribution in [3.8, 4) is 0 Å². The Morgan fingerprint density at radius 3 is 2.24 bits per heavy atom. The van der Waals surface area contributed by atoms with Crippen molar-refractivity contribution < 1.29 is 53.2 Å². The molecule has 0 aromatic heterocycles. The first-order valence-electron chi connectivity index (χ1n) is 16.1. The molecule has 0 bridgehead atoms. The second kappa shape index (κ2) is 14.4. The number of ketones is 1. The van der Waals surface area contributed by atoms with Gasteiger partial charge in [0.1, 0.15) is 23.7 Å². The first-order chi connectivity index (χ1) is 21.3. The number of aliphatic hydroxyl groups excluding tert-OH is 1. The monoisotopic (exact) mass is 655 g/mol. The zero-order valence-corrected chi connectivity index (χ0v) is 28.7. The topological polar surface area (TPSA) is 197 Å². The molecule has 0 radical (unpaired) electrons. The number of carbonyl (C=O) groups is 4. The minimum Gasteiger partial charge on any atom is -0.457 e. The summed E-state index contributed by atoms with van der Waals surface area (Å²) in [7, 11) is 3.73.